The molecule has 96 valence electrons. The van der Waals surface area contributed by atoms with E-state index in [1.54, 1.807) is 4.90 Å². The summed E-state index contributed by atoms with van der Waals surface area (Å²) in [6, 6.07) is 9.55. The van der Waals surface area contributed by atoms with Crippen LogP contribution in [-0.2, 0) is 11.3 Å². The number of carboxylic acids is 1. The van der Waals surface area contributed by atoms with Gasteiger partial charge in [-0.3, -0.25) is 4.79 Å². The molecule has 0 bridgehead atoms. The molecule has 1 aliphatic rings. The van der Waals surface area contributed by atoms with E-state index in [1.165, 1.54) is 0 Å². The van der Waals surface area contributed by atoms with Gasteiger partial charge in [-0.2, -0.15) is 0 Å². The van der Waals surface area contributed by atoms with Crippen molar-refractivity contribution in [1.82, 2.24) is 10.2 Å². The van der Waals surface area contributed by atoms with E-state index in [4.69, 9.17) is 5.11 Å². The molecule has 5 heteroatoms. The smallest absolute Gasteiger partial charge is 0.317 e. The lowest BCUT2D eigenvalue weighted by Crippen LogP contribution is -2.54. The Kier molecular flexibility index (Phi) is 3.82. The highest BCUT2D eigenvalue weighted by molar-refractivity contribution is 5.75. The number of hydrogen-bond donors (Lipinski definition) is 2. The van der Waals surface area contributed by atoms with E-state index in [0.717, 1.165) is 5.56 Å². The molecule has 2 N–H and O–H groups in total. The van der Waals surface area contributed by atoms with Gasteiger partial charge in [0.15, 0.2) is 0 Å². The van der Waals surface area contributed by atoms with Crippen LogP contribution in [0, 0.1) is 5.92 Å². The first-order valence-corrected chi connectivity index (χ1v) is 5.93. The van der Waals surface area contributed by atoms with Gasteiger partial charge in [0.2, 0.25) is 0 Å². The van der Waals surface area contributed by atoms with Crippen molar-refractivity contribution in [3.8, 4) is 0 Å². The Balaban J connectivity index is 1.70. The van der Waals surface area contributed by atoms with Crippen LogP contribution in [0.5, 0.6) is 0 Å². The normalized spacial score (nSPS) is 15.0. The quantitative estimate of drug-likeness (QED) is 0.843. The molecule has 2 amide bonds. The van der Waals surface area contributed by atoms with E-state index in [9.17, 15) is 9.59 Å². The number of hydrogen-bond acceptors (Lipinski definition) is 2. The molecule has 1 aromatic rings. The van der Waals surface area contributed by atoms with Crippen molar-refractivity contribution in [2.45, 2.75) is 13.0 Å². The highest BCUT2D eigenvalue weighted by Gasteiger charge is 2.31. The summed E-state index contributed by atoms with van der Waals surface area (Å²) < 4.78 is 0. The van der Waals surface area contributed by atoms with Gasteiger partial charge in [0.25, 0.3) is 0 Å². The first-order valence-electron chi connectivity index (χ1n) is 5.93. The average molecular weight is 248 g/mol. The Morgan fingerprint density at radius 3 is 2.56 bits per heavy atom. The van der Waals surface area contributed by atoms with Gasteiger partial charge in [-0.25, -0.2) is 4.79 Å². The van der Waals surface area contributed by atoms with Crippen LogP contribution < -0.4 is 5.32 Å². The number of carbonyl (C=O) groups is 2. The highest BCUT2D eigenvalue weighted by Crippen LogP contribution is 2.18. The number of nitrogens with one attached hydrogen (secondary N) is 1. The largest absolute Gasteiger partial charge is 0.481 e. The van der Waals surface area contributed by atoms with Crippen LogP contribution in [0.1, 0.15) is 12.0 Å². The van der Waals surface area contributed by atoms with Crippen LogP contribution in [0.15, 0.2) is 30.3 Å². The van der Waals surface area contributed by atoms with Crippen LogP contribution in [0.2, 0.25) is 0 Å². The summed E-state index contributed by atoms with van der Waals surface area (Å²) in [5.74, 6) is -0.700. The third kappa shape index (κ3) is 3.23. The molecule has 0 saturated carbocycles. The number of benzene rings is 1. The van der Waals surface area contributed by atoms with E-state index >= 15 is 0 Å². The third-order valence-corrected chi connectivity index (χ3v) is 2.99. The minimum absolute atomic E-state index is 0.102. The van der Waals surface area contributed by atoms with Gasteiger partial charge in [0.1, 0.15) is 0 Å². The Bertz CT molecular complexity index is 427. The van der Waals surface area contributed by atoms with E-state index in [1.807, 2.05) is 30.3 Å². The summed E-state index contributed by atoms with van der Waals surface area (Å²) in [5.41, 5.74) is 1.05. The number of urea groups is 1. The second-order valence-corrected chi connectivity index (χ2v) is 4.51. The highest BCUT2D eigenvalue weighted by atomic mass is 16.4. The first kappa shape index (κ1) is 12.4. The fourth-order valence-corrected chi connectivity index (χ4v) is 2.00. The summed E-state index contributed by atoms with van der Waals surface area (Å²) in [7, 11) is 0. The lowest BCUT2D eigenvalue weighted by atomic mass is 9.97. The molecule has 1 saturated heterocycles. The number of amides is 2. The van der Waals surface area contributed by atoms with Crippen molar-refractivity contribution in [2.24, 2.45) is 5.92 Å². The molecule has 1 aliphatic heterocycles. The van der Waals surface area contributed by atoms with Crippen molar-refractivity contribution in [1.29, 1.82) is 0 Å². The lowest BCUT2D eigenvalue weighted by Gasteiger charge is -2.38. The van der Waals surface area contributed by atoms with Crippen LogP contribution in [0.25, 0.3) is 0 Å². The predicted molar refractivity (Wildman–Crippen MR) is 66.0 cm³/mol. The van der Waals surface area contributed by atoms with Crippen LogP contribution in [-0.4, -0.2) is 35.1 Å². The monoisotopic (exact) mass is 248 g/mol. The van der Waals surface area contributed by atoms with Crippen molar-refractivity contribution >= 4 is 12.0 Å². The van der Waals surface area contributed by atoms with Crippen molar-refractivity contribution in [3.05, 3.63) is 35.9 Å². The molecule has 5 nitrogen and oxygen atoms in total. The van der Waals surface area contributed by atoms with E-state index < -0.39 is 5.97 Å². The molecule has 0 aromatic heterocycles. The predicted octanol–water partition coefficient (Wildman–Crippen LogP) is 1.30. The Morgan fingerprint density at radius 2 is 1.94 bits per heavy atom. The molecular weight excluding hydrogens is 232 g/mol. The van der Waals surface area contributed by atoms with Gasteiger partial charge < -0.3 is 15.3 Å². The molecule has 0 unspecified atom stereocenters. The maximum Gasteiger partial charge on any atom is 0.317 e. The minimum atomic E-state index is -0.802. The van der Waals surface area contributed by atoms with Gasteiger partial charge >= 0.3 is 12.0 Å². The van der Waals surface area contributed by atoms with E-state index in [2.05, 4.69) is 5.32 Å². The van der Waals surface area contributed by atoms with Crippen molar-refractivity contribution in [2.75, 3.05) is 13.1 Å². The lowest BCUT2D eigenvalue weighted by molar-refractivity contribution is -0.139. The summed E-state index contributed by atoms with van der Waals surface area (Å²) >= 11 is 0. The zero-order chi connectivity index (χ0) is 13.0. The Labute approximate surface area is 105 Å². The van der Waals surface area contributed by atoms with E-state index in [0.29, 0.717) is 19.6 Å². The second kappa shape index (κ2) is 5.53. The molecule has 1 heterocycles. The number of carbonyl (C=O) groups excluding carboxylic acids is 1. The van der Waals surface area contributed by atoms with Crippen molar-refractivity contribution < 1.29 is 14.7 Å². The zero-order valence-corrected chi connectivity index (χ0v) is 10.0. The molecule has 0 radical (unpaired) electrons. The van der Waals surface area contributed by atoms with Crippen LogP contribution >= 0.6 is 0 Å². The fourth-order valence-electron chi connectivity index (χ4n) is 2.00. The van der Waals surface area contributed by atoms with Gasteiger partial charge in [0, 0.05) is 25.6 Å². The summed E-state index contributed by atoms with van der Waals surface area (Å²) in [6.07, 6.45) is 0.141. The van der Waals surface area contributed by atoms with E-state index in [-0.39, 0.29) is 18.4 Å². The first-order chi connectivity index (χ1) is 8.65. The summed E-state index contributed by atoms with van der Waals surface area (Å²) in [4.78, 5) is 23.8. The van der Waals surface area contributed by atoms with Gasteiger partial charge in [0.05, 0.1) is 6.42 Å². The summed E-state index contributed by atoms with van der Waals surface area (Å²) in [5, 5.41) is 11.4. The maximum atomic E-state index is 11.7. The molecular formula is C13H16N2O3. The van der Waals surface area contributed by atoms with Gasteiger partial charge in [-0.05, 0) is 5.56 Å². The minimum Gasteiger partial charge on any atom is -0.481 e. The Hall–Kier alpha value is -2.04. The number of likely N-dealkylation sites (tertiary alicyclic amines) is 1. The van der Waals surface area contributed by atoms with Crippen molar-refractivity contribution in [3.63, 3.8) is 0 Å². The number of rotatable bonds is 4. The average Bonchev–Trinajstić information content (AvgIpc) is 2.31. The maximum absolute atomic E-state index is 11.7. The van der Waals surface area contributed by atoms with Gasteiger partial charge in [-0.15, -0.1) is 0 Å². The molecule has 18 heavy (non-hydrogen) atoms. The molecule has 1 fully saturated rings. The molecule has 1 aromatic carbocycles. The Morgan fingerprint density at radius 1 is 1.28 bits per heavy atom. The second-order valence-electron chi connectivity index (χ2n) is 4.51. The van der Waals surface area contributed by atoms with Crippen LogP contribution in [0.4, 0.5) is 4.79 Å². The SMILES string of the molecule is O=C(O)CC1CN(C(=O)NCc2ccccc2)C1. The number of nitrogens with zero attached hydrogens (tertiary/aromatic N) is 1. The molecule has 0 atom stereocenters. The topological polar surface area (TPSA) is 69.6 Å². The van der Waals surface area contributed by atoms with Crippen LogP contribution in [0.3, 0.4) is 0 Å². The molecule has 0 aliphatic carbocycles. The standard InChI is InChI=1S/C13H16N2O3/c16-12(17)6-11-8-15(9-11)13(18)14-7-10-4-2-1-3-5-10/h1-5,11H,6-9H2,(H,14,18)(H,16,17). The zero-order valence-electron chi connectivity index (χ0n) is 10.0. The number of carboxylic acid groups (broad SMARTS) is 1. The molecule has 0 spiro atoms. The number of aliphatic carboxylic acids is 1. The fraction of sp³-hybridized carbons (Fsp3) is 0.385. The van der Waals surface area contributed by atoms with Gasteiger partial charge in [-0.1, -0.05) is 30.3 Å². The summed E-state index contributed by atoms with van der Waals surface area (Å²) in [6.45, 7) is 1.57. The third-order valence-electron chi connectivity index (χ3n) is 2.99. The molecule has 2 rings (SSSR count).